The summed E-state index contributed by atoms with van der Waals surface area (Å²) in [5.41, 5.74) is 0.830. The summed E-state index contributed by atoms with van der Waals surface area (Å²) in [5, 5.41) is 10.4. The van der Waals surface area contributed by atoms with Crippen molar-refractivity contribution in [3.8, 4) is 5.75 Å². The number of aromatic nitrogens is 4. The standard InChI is InChI=1S/C16H14N4O2S2/c1-19-15(21)14-12(6-7-23-14)20-13(17-18-16(19)20)9-24-11-5-3-4-10(8-11)22-2/h3-8H,9H2,1-2H3. The fraction of sp³-hybridized carbons (Fsp3) is 0.188. The van der Waals surface area contributed by atoms with Crippen LogP contribution in [0.4, 0.5) is 0 Å². The van der Waals surface area contributed by atoms with E-state index in [1.165, 1.54) is 11.3 Å². The Morgan fingerprint density at radius 2 is 2.17 bits per heavy atom. The molecule has 122 valence electrons. The van der Waals surface area contributed by atoms with Gasteiger partial charge in [0.05, 0.1) is 18.4 Å². The van der Waals surface area contributed by atoms with Crippen LogP contribution in [0.2, 0.25) is 0 Å². The molecule has 0 aliphatic heterocycles. The van der Waals surface area contributed by atoms with Gasteiger partial charge in [0.1, 0.15) is 16.3 Å². The molecular weight excluding hydrogens is 344 g/mol. The zero-order chi connectivity index (χ0) is 16.7. The molecule has 0 aliphatic carbocycles. The molecule has 0 radical (unpaired) electrons. The first kappa shape index (κ1) is 15.2. The lowest BCUT2D eigenvalue weighted by molar-refractivity contribution is 0.413. The smallest absolute Gasteiger partial charge is 0.272 e. The van der Waals surface area contributed by atoms with E-state index >= 15 is 0 Å². The van der Waals surface area contributed by atoms with E-state index in [1.54, 1.807) is 30.5 Å². The van der Waals surface area contributed by atoms with E-state index in [-0.39, 0.29) is 5.56 Å². The first-order chi connectivity index (χ1) is 11.7. The Hall–Kier alpha value is -2.32. The second kappa shape index (κ2) is 5.95. The topological polar surface area (TPSA) is 61.4 Å². The van der Waals surface area contributed by atoms with Crippen molar-refractivity contribution in [3.05, 3.63) is 51.9 Å². The van der Waals surface area contributed by atoms with Gasteiger partial charge in [0.15, 0.2) is 0 Å². The molecule has 8 heteroatoms. The molecule has 24 heavy (non-hydrogen) atoms. The highest BCUT2D eigenvalue weighted by Gasteiger charge is 2.15. The van der Waals surface area contributed by atoms with Crippen molar-refractivity contribution >= 4 is 39.1 Å². The summed E-state index contributed by atoms with van der Waals surface area (Å²) in [6, 6.07) is 9.85. The lowest BCUT2D eigenvalue weighted by Gasteiger charge is -2.06. The Morgan fingerprint density at radius 3 is 3.00 bits per heavy atom. The number of hydrogen-bond acceptors (Lipinski definition) is 6. The van der Waals surface area contributed by atoms with Crippen LogP contribution >= 0.6 is 23.1 Å². The highest BCUT2D eigenvalue weighted by atomic mass is 32.2. The molecule has 0 fully saturated rings. The molecule has 6 nitrogen and oxygen atoms in total. The van der Waals surface area contributed by atoms with E-state index < -0.39 is 0 Å². The maximum absolute atomic E-state index is 12.3. The zero-order valence-electron chi connectivity index (χ0n) is 13.1. The Bertz CT molecular complexity index is 1100. The van der Waals surface area contributed by atoms with Gasteiger partial charge in [0.2, 0.25) is 5.78 Å². The normalized spacial score (nSPS) is 11.4. The van der Waals surface area contributed by atoms with Crippen LogP contribution in [0.5, 0.6) is 5.75 Å². The quantitative estimate of drug-likeness (QED) is 0.525. The van der Waals surface area contributed by atoms with Crippen LogP contribution in [0.25, 0.3) is 16.0 Å². The van der Waals surface area contributed by atoms with Gasteiger partial charge in [-0.1, -0.05) is 6.07 Å². The number of benzene rings is 1. The van der Waals surface area contributed by atoms with Gasteiger partial charge >= 0.3 is 0 Å². The van der Waals surface area contributed by atoms with Gasteiger partial charge in [-0.25, -0.2) is 0 Å². The maximum atomic E-state index is 12.3. The molecule has 0 saturated carbocycles. The third-order valence-corrected chi connectivity index (χ3v) is 5.69. The van der Waals surface area contributed by atoms with E-state index in [0.29, 0.717) is 11.5 Å². The minimum atomic E-state index is -0.0353. The van der Waals surface area contributed by atoms with Crippen LogP contribution in [0.1, 0.15) is 5.82 Å². The molecule has 1 aromatic carbocycles. The van der Waals surface area contributed by atoms with Crippen molar-refractivity contribution < 1.29 is 4.74 Å². The molecule has 0 N–H and O–H groups in total. The fourth-order valence-corrected chi connectivity index (χ4v) is 4.29. The van der Waals surface area contributed by atoms with Crippen molar-refractivity contribution in [3.63, 3.8) is 0 Å². The Labute approximate surface area is 145 Å². The van der Waals surface area contributed by atoms with Gasteiger partial charge in [-0.05, 0) is 29.6 Å². The van der Waals surface area contributed by atoms with E-state index in [0.717, 1.165) is 26.7 Å². The fourth-order valence-electron chi connectivity index (χ4n) is 2.59. The van der Waals surface area contributed by atoms with Crippen LogP contribution in [0, 0.1) is 0 Å². The molecule has 3 aromatic heterocycles. The average molecular weight is 358 g/mol. The Balaban J connectivity index is 1.76. The number of thiophene rings is 1. The van der Waals surface area contributed by atoms with Crippen molar-refractivity contribution in [2.24, 2.45) is 7.05 Å². The maximum Gasteiger partial charge on any atom is 0.272 e. The summed E-state index contributed by atoms with van der Waals surface area (Å²) in [6.07, 6.45) is 0. The Morgan fingerprint density at radius 1 is 1.29 bits per heavy atom. The molecule has 0 bridgehead atoms. The van der Waals surface area contributed by atoms with Crippen LogP contribution in [0.15, 0.2) is 45.4 Å². The van der Waals surface area contributed by atoms with Crippen LogP contribution in [-0.4, -0.2) is 26.3 Å². The summed E-state index contributed by atoms with van der Waals surface area (Å²) in [4.78, 5) is 13.4. The first-order valence-corrected chi connectivity index (χ1v) is 9.12. The van der Waals surface area contributed by atoms with Crippen molar-refractivity contribution in [2.75, 3.05) is 7.11 Å². The van der Waals surface area contributed by atoms with Gasteiger partial charge < -0.3 is 4.74 Å². The molecule has 0 amide bonds. The van der Waals surface area contributed by atoms with Crippen molar-refractivity contribution in [1.29, 1.82) is 0 Å². The highest BCUT2D eigenvalue weighted by molar-refractivity contribution is 7.98. The predicted octanol–water partition coefficient (Wildman–Crippen LogP) is 2.94. The number of hydrogen-bond donors (Lipinski definition) is 0. The van der Waals surface area contributed by atoms with Crippen molar-refractivity contribution in [1.82, 2.24) is 19.2 Å². The minimum absolute atomic E-state index is 0.0353. The zero-order valence-corrected chi connectivity index (χ0v) is 14.7. The van der Waals surface area contributed by atoms with E-state index in [1.807, 2.05) is 40.1 Å². The third-order valence-electron chi connectivity index (χ3n) is 3.81. The van der Waals surface area contributed by atoms with Gasteiger partial charge in [-0.3, -0.25) is 13.8 Å². The van der Waals surface area contributed by atoms with Gasteiger partial charge in [0.25, 0.3) is 5.56 Å². The molecule has 0 atom stereocenters. The van der Waals surface area contributed by atoms with Crippen LogP contribution < -0.4 is 10.3 Å². The third kappa shape index (κ3) is 2.38. The lowest BCUT2D eigenvalue weighted by Crippen LogP contribution is -2.19. The van der Waals surface area contributed by atoms with Gasteiger partial charge in [0, 0.05) is 11.9 Å². The summed E-state index contributed by atoms with van der Waals surface area (Å²) in [7, 11) is 3.38. The molecule has 3 heterocycles. The number of rotatable bonds is 4. The number of fused-ring (bicyclic) bond motifs is 3. The van der Waals surface area contributed by atoms with E-state index in [9.17, 15) is 4.79 Å². The van der Waals surface area contributed by atoms with Crippen molar-refractivity contribution in [2.45, 2.75) is 10.6 Å². The number of methoxy groups -OCH3 is 1. The average Bonchev–Trinajstić information content (AvgIpc) is 3.24. The van der Waals surface area contributed by atoms with Crippen LogP contribution in [0.3, 0.4) is 0 Å². The second-order valence-corrected chi connectivity index (χ2v) is 7.18. The lowest BCUT2D eigenvalue weighted by atomic mass is 10.3. The van der Waals surface area contributed by atoms with Gasteiger partial charge in [-0.15, -0.1) is 33.3 Å². The first-order valence-electron chi connectivity index (χ1n) is 7.26. The molecule has 0 saturated heterocycles. The molecule has 0 aliphatic rings. The molecule has 4 rings (SSSR count). The van der Waals surface area contributed by atoms with Gasteiger partial charge in [-0.2, -0.15) is 0 Å². The summed E-state index contributed by atoms with van der Waals surface area (Å²) >= 11 is 3.10. The number of ether oxygens (including phenoxy) is 1. The summed E-state index contributed by atoms with van der Waals surface area (Å²) < 4.78 is 9.48. The molecular formula is C16H14N4O2S2. The Kier molecular flexibility index (Phi) is 3.78. The SMILES string of the molecule is COc1cccc(SCc2nnc3n(C)c(=O)c4sccc4n23)c1. The van der Waals surface area contributed by atoms with Crippen LogP contribution in [-0.2, 0) is 12.8 Å². The highest BCUT2D eigenvalue weighted by Crippen LogP contribution is 2.27. The monoisotopic (exact) mass is 358 g/mol. The number of aryl methyl sites for hydroxylation is 1. The number of nitrogens with zero attached hydrogens (tertiary/aromatic N) is 4. The second-order valence-electron chi connectivity index (χ2n) is 5.22. The molecule has 4 aromatic rings. The van der Waals surface area contributed by atoms with E-state index in [2.05, 4.69) is 10.2 Å². The summed E-state index contributed by atoms with van der Waals surface area (Å²) in [5.74, 6) is 2.86. The number of thioether (sulfide) groups is 1. The van der Waals surface area contributed by atoms with E-state index in [4.69, 9.17) is 4.74 Å². The largest absolute Gasteiger partial charge is 0.497 e. The minimum Gasteiger partial charge on any atom is -0.497 e. The predicted molar refractivity (Wildman–Crippen MR) is 96.2 cm³/mol. The molecule has 0 spiro atoms. The molecule has 0 unspecified atom stereocenters. The summed E-state index contributed by atoms with van der Waals surface area (Å²) in [6.45, 7) is 0.